The highest BCUT2D eigenvalue weighted by Crippen LogP contribution is 2.32. The number of fused-ring (bicyclic) bond motifs is 1. The molecule has 0 aliphatic rings. The first-order valence-corrected chi connectivity index (χ1v) is 7.41. The third kappa shape index (κ3) is 2.75. The second-order valence-electron chi connectivity index (χ2n) is 4.45. The molecule has 1 aromatic heterocycles. The molecule has 3 rings (SSSR count). The number of hydrogen-bond donors (Lipinski definition) is 0. The van der Waals surface area contributed by atoms with E-state index in [2.05, 4.69) is 4.98 Å². The van der Waals surface area contributed by atoms with Crippen molar-refractivity contribution >= 4 is 51.5 Å². The van der Waals surface area contributed by atoms with E-state index in [0.717, 1.165) is 10.8 Å². The molecule has 0 spiro atoms. The van der Waals surface area contributed by atoms with E-state index in [1.54, 1.807) is 12.1 Å². The minimum atomic E-state index is -0.695. The van der Waals surface area contributed by atoms with Gasteiger partial charge in [0.25, 0.3) is 0 Å². The first kappa shape index (κ1) is 15.1. The molecule has 0 saturated carbocycles. The molecule has 1 heterocycles. The summed E-state index contributed by atoms with van der Waals surface area (Å²) in [6, 6.07) is 13.0. The van der Waals surface area contributed by atoms with Crippen molar-refractivity contribution in [3.63, 3.8) is 0 Å². The summed E-state index contributed by atoms with van der Waals surface area (Å²) in [7, 11) is 0. The lowest BCUT2D eigenvalue weighted by Crippen LogP contribution is -2.11. The highest BCUT2D eigenvalue weighted by atomic mass is 35.5. The lowest BCUT2D eigenvalue weighted by molar-refractivity contribution is 0.0731. The number of carbonyl (C=O) groups excluding carboxylic acids is 1. The fraction of sp³-hybridized carbons (Fsp3) is 0. The lowest BCUT2D eigenvalue weighted by atomic mass is 10.1. The molecule has 3 aromatic rings. The maximum Gasteiger partial charge on any atom is 0.363 e. The van der Waals surface area contributed by atoms with E-state index in [1.165, 1.54) is 6.20 Å². The van der Waals surface area contributed by atoms with Crippen LogP contribution in [0.1, 0.15) is 10.5 Å². The van der Waals surface area contributed by atoms with Gasteiger partial charge in [0.1, 0.15) is 5.75 Å². The predicted octanol–water partition coefficient (Wildman–Crippen LogP) is 5.41. The molecule has 22 heavy (non-hydrogen) atoms. The van der Waals surface area contributed by atoms with Crippen molar-refractivity contribution in [1.29, 1.82) is 0 Å². The van der Waals surface area contributed by atoms with Crippen LogP contribution in [0.2, 0.25) is 15.1 Å². The van der Waals surface area contributed by atoms with Crippen LogP contribution in [0.3, 0.4) is 0 Å². The van der Waals surface area contributed by atoms with Gasteiger partial charge in [-0.2, -0.15) is 0 Å². The topological polar surface area (TPSA) is 39.2 Å². The number of pyridine rings is 1. The number of ether oxygens (including phenoxy) is 1. The summed E-state index contributed by atoms with van der Waals surface area (Å²) >= 11 is 17.7. The number of aromatic nitrogens is 1. The SMILES string of the molecule is O=C(Oc1cccc2ccccc12)c1ncc(Cl)c(Cl)c1Cl. The molecular formula is C16H8Cl3NO2. The summed E-state index contributed by atoms with van der Waals surface area (Å²) in [6.45, 7) is 0. The van der Waals surface area contributed by atoms with Crippen LogP contribution in [-0.2, 0) is 0 Å². The van der Waals surface area contributed by atoms with Gasteiger partial charge in [-0.05, 0) is 11.5 Å². The van der Waals surface area contributed by atoms with Crippen molar-refractivity contribution in [3.05, 3.63) is 69.4 Å². The normalized spacial score (nSPS) is 10.7. The number of benzene rings is 2. The van der Waals surface area contributed by atoms with E-state index in [0.29, 0.717) is 5.75 Å². The highest BCUT2D eigenvalue weighted by molar-refractivity contribution is 6.48. The summed E-state index contributed by atoms with van der Waals surface area (Å²) in [4.78, 5) is 16.2. The average molecular weight is 353 g/mol. The molecule has 110 valence electrons. The molecule has 0 radical (unpaired) electrons. The Morgan fingerprint density at radius 3 is 2.50 bits per heavy atom. The predicted molar refractivity (Wildman–Crippen MR) is 88.2 cm³/mol. The Morgan fingerprint density at radius 2 is 1.68 bits per heavy atom. The Hall–Kier alpha value is -1.81. The van der Waals surface area contributed by atoms with Gasteiger partial charge < -0.3 is 4.74 Å². The minimum absolute atomic E-state index is 0.0283. The molecule has 0 bridgehead atoms. The maximum absolute atomic E-state index is 12.3. The summed E-state index contributed by atoms with van der Waals surface area (Å²) in [5.74, 6) is -0.271. The van der Waals surface area contributed by atoms with Gasteiger partial charge in [-0.1, -0.05) is 71.2 Å². The third-order valence-electron chi connectivity index (χ3n) is 3.06. The Bertz CT molecular complexity index is 875. The second-order valence-corrected chi connectivity index (χ2v) is 5.61. The van der Waals surface area contributed by atoms with E-state index in [4.69, 9.17) is 39.5 Å². The summed E-state index contributed by atoms with van der Waals surface area (Å²) < 4.78 is 5.40. The summed E-state index contributed by atoms with van der Waals surface area (Å²) in [5.41, 5.74) is -0.0796. The van der Waals surface area contributed by atoms with Crippen LogP contribution in [-0.4, -0.2) is 11.0 Å². The fourth-order valence-corrected chi connectivity index (χ4v) is 2.58. The van der Waals surface area contributed by atoms with Crippen molar-refractivity contribution in [3.8, 4) is 5.75 Å². The summed E-state index contributed by atoms with van der Waals surface area (Å²) in [6.07, 6.45) is 1.26. The molecule has 0 saturated heterocycles. The van der Waals surface area contributed by atoms with E-state index >= 15 is 0 Å². The number of halogens is 3. The molecule has 0 atom stereocenters. The first-order valence-electron chi connectivity index (χ1n) is 6.27. The number of carbonyl (C=O) groups is 1. The van der Waals surface area contributed by atoms with Crippen molar-refractivity contribution in [1.82, 2.24) is 4.98 Å². The van der Waals surface area contributed by atoms with Gasteiger partial charge in [-0.15, -0.1) is 0 Å². The minimum Gasteiger partial charge on any atom is -0.421 e. The van der Waals surface area contributed by atoms with Crippen molar-refractivity contribution in [2.45, 2.75) is 0 Å². The van der Waals surface area contributed by atoms with Crippen LogP contribution in [0.15, 0.2) is 48.7 Å². The van der Waals surface area contributed by atoms with Gasteiger partial charge in [0.05, 0.1) is 15.1 Å². The van der Waals surface area contributed by atoms with Crippen molar-refractivity contribution in [2.75, 3.05) is 0 Å². The Morgan fingerprint density at radius 1 is 0.955 bits per heavy atom. The number of hydrogen-bond acceptors (Lipinski definition) is 3. The van der Waals surface area contributed by atoms with Gasteiger partial charge in [0.15, 0.2) is 5.69 Å². The molecular weight excluding hydrogens is 345 g/mol. The van der Waals surface area contributed by atoms with Gasteiger partial charge in [0.2, 0.25) is 0 Å². The zero-order valence-corrected chi connectivity index (χ0v) is 13.3. The van der Waals surface area contributed by atoms with Gasteiger partial charge in [-0.3, -0.25) is 0 Å². The Labute approximate surface area is 141 Å². The third-order valence-corrected chi connectivity index (χ3v) is 4.30. The van der Waals surface area contributed by atoms with Crippen LogP contribution < -0.4 is 4.74 Å². The number of esters is 1. The molecule has 2 aromatic carbocycles. The quantitative estimate of drug-likeness (QED) is 0.457. The van der Waals surface area contributed by atoms with Crippen molar-refractivity contribution < 1.29 is 9.53 Å². The molecule has 0 aliphatic carbocycles. The molecule has 0 aliphatic heterocycles. The van der Waals surface area contributed by atoms with Crippen LogP contribution in [0.5, 0.6) is 5.75 Å². The molecule has 3 nitrogen and oxygen atoms in total. The Kier molecular flexibility index (Phi) is 4.21. The van der Waals surface area contributed by atoms with Crippen LogP contribution in [0, 0.1) is 0 Å². The standard InChI is InChI=1S/C16H8Cl3NO2/c17-11-8-20-15(14(19)13(11)18)16(21)22-12-7-3-5-9-4-1-2-6-10(9)12/h1-8H. The van der Waals surface area contributed by atoms with Gasteiger partial charge in [-0.25, -0.2) is 9.78 Å². The average Bonchev–Trinajstić information content (AvgIpc) is 2.53. The number of rotatable bonds is 2. The Balaban J connectivity index is 1.99. The largest absolute Gasteiger partial charge is 0.421 e. The molecule has 0 fully saturated rings. The van der Waals surface area contributed by atoms with Crippen LogP contribution in [0.4, 0.5) is 0 Å². The second kappa shape index (κ2) is 6.13. The monoisotopic (exact) mass is 351 g/mol. The van der Waals surface area contributed by atoms with E-state index in [-0.39, 0.29) is 20.8 Å². The molecule has 0 amide bonds. The van der Waals surface area contributed by atoms with Gasteiger partial charge in [0, 0.05) is 11.6 Å². The summed E-state index contributed by atoms with van der Waals surface area (Å²) in [5, 5.41) is 1.99. The highest BCUT2D eigenvalue weighted by Gasteiger charge is 2.19. The lowest BCUT2D eigenvalue weighted by Gasteiger charge is -2.09. The zero-order chi connectivity index (χ0) is 15.7. The molecule has 0 N–H and O–H groups in total. The van der Waals surface area contributed by atoms with Crippen molar-refractivity contribution in [2.24, 2.45) is 0 Å². The van der Waals surface area contributed by atoms with Crippen LogP contribution in [0.25, 0.3) is 10.8 Å². The first-order chi connectivity index (χ1) is 10.6. The van der Waals surface area contributed by atoms with Crippen LogP contribution >= 0.6 is 34.8 Å². The van der Waals surface area contributed by atoms with E-state index < -0.39 is 5.97 Å². The smallest absolute Gasteiger partial charge is 0.363 e. The fourth-order valence-electron chi connectivity index (χ4n) is 2.02. The molecule has 0 unspecified atom stereocenters. The zero-order valence-electron chi connectivity index (χ0n) is 11.0. The maximum atomic E-state index is 12.3. The van der Waals surface area contributed by atoms with Gasteiger partial charge >= 0.3 is 5.97 Å². The van der Waals surface area contributed by atoms with E-state index in [9.17, 15) is 4.79 Å². The molecule has 6 heteroatoms. The number of nitrogens with zero attached hydrogens (tertiary/aromatic N) is 1. The van der Waals surface area contributed by atoms with E-state index in [1.807, 2.05) is 30.3 Å².